The Bertz CT molecular complexity index is 338. The fraction of sp³-hybridized carbons (Fsp3) is 0.867. The summed E-state index contributed by atoms with van der Waals surface area (Å²) in [6, 6.07) is 0.00854. The molecular weight excluding hydrogens is 290 g/mol. The highest BCUT2D eigenvalue weighted by atomic mass is 35.5. The number of amides is 2. The third kappa shape index (κ3) is 5.15. The standard InChI is InChI=1S/C15H27N3O2.ClH/c1-2-8-17-14(19)12-6-10-18(11-7-12)15(20)13-5-3-4-9-16-13;/h12-13,16H,2-11H2,1H3,(H,17,19);1H. The van der Waals surface area contributed by atoms with Gasteiger partial charge in [0.2, 0.25) is 11.8 Å². The largest absolute Gasteiger partial charge is 0.356 e. The molecule has 0 radical (unpaired) electrons. The second kappa shape index (κ2) is 9.26. The van der Waals surface area contributed by atoms with E-state index in [1.807, 2.05) is 4.90 Å². The lowest BCUT2D eigenvalue weighted by molar-refractivity contribution is -0.137. The maximum absolute atomic E-state index is 12.4. The summed E-state index contributed by atoms with van der Waals surface area (Å²) in [4.78, 5) is 26.2. The predicted octanol–water partition coefficient (Wildman–Crippen LogP) is 1.32. The van der Waals surface area contributed by atoms with E-state index in [2.05, 4.69) is 17.6 Å². The van der Waals surface area contributed by atoms with Crippen LogP contribution < -0.4 is 10.6 Å². The Morgan fingerprint density at radius 1 is 1.19 bits per heavy atom. The van der Waals surface area contributed by atoms with E-state index < -0.39 is 0 Å². The van der Waals surface area contributed by atoms with Crippen molar-refractivity contribution in [2.45, 2.75) is 51.5 Å². The van der Waals surface area contributed by atoms with Crippen LogP contribution in [0.1, 0.15) is 45.4 Å². The van der Waals surface area contributed by atoms with Gasteiger partial charge in [0.1, 0.15) is 0 Å². The Hall–Kier alpha value is -0.810. The average Bonchev–Trinajstić information content (AvgIpc) is 2.53. The van der Waals surface area contributed by atoms with E-state index in [-0.39, 0.29) is 36.2 Å². The van der Waals surface area contributed by atoms with Gasteiger partial charge in [-0.25, -0.2) is 0 Å². The molecule has 0 aromatic rings. The van der Waals surface area contributed by atoms with Gasteiger partial charge in [-0.15, -0.1) is 12.4 Å². The fourth-order valence-corrected chi connectivity index (χ4v) is 3.04. The smallest absolute Gasteiger partial charge is 0.239 e. The lowest BCUT2D eigenvalue weighted by atomic mass is 9.94. The molecule has 0 aromatic carbocycles. The van der Waals surface area contributed by atoms with Crippen molar-refractivity contribution < 1.29 is 9.59 Å². The van der Waals surface area contributed by atoms with E-state index in [1.165, 1.54) is 6.42 Å². The molecule has 1 unspecified atom stereocenters. The first-order valence-corrected chi connectivity index (χ1v) is 8.02. The molecule has 6 heteroatoms. The molecule has 122 valence electrons. The summed E-state index contributed by atoms with van der Waals surface area (Å²) in [5.74, 6) is 0.483. The van der Waals surface area contributed by atoms with Crippen molar-refractivity contribution in [2.24, 2.45) is 5.92 Å². The van der Waals surface area contributed by atoms with Crippen LogP contribution in [-0.4, -0.2) is 48.9 Å². The Balaban J connectivity index is 0.00000220. The van der Waals surface area contributed by atoms with Crippen molar-refractivity contribution in [1.29, 1.82) is 0 Å². The van der Waals surface area contributed by atoms with Crippen molar-refractivity contribution in [1.82, 2.24) is 15.5 Å². The number of piperidine rings is 2. The highest BCUT2D eigenvalue weighted by Gasteiger charge is 2.30. The SMILES string of the molecule is CCCNC(=O)C1CCN(C(=O)C2CCCCN2)CC1.Cl. The summed E-state index contributed by atoms with van der Waals surface area (Å²) in [7, 11) is 0. The number of likely N-dealkylation sites (tertiary alicyclic amines) is 1. The summed E-state index contributed by atoms with van der Waals surface area (Å²) in [5.41, 5.74) is 0. The third-order valence-corrected chi connectivity index (χ3v) is 4.34. The molecule has 0 spiro atoms. The van der Waals surface area contributed by atoms with Crippen molar-refractivity contribution in [2.75, 3.05) is 26.2 Å². The number of halogens is 1. The molecular formula is C15H28ClN3O2. The lowest BCUT2D eigenvalue weighted by Gasteiger charge is -2.35. The second-order valence-corrected chi connectivity index (χ2v) is 5.89. The number of carbonyl (C=O) groups is 2. The maximum atomic E-state index is 12.4. The normalized spacial score (nSPS) is 23.3. The maximum Gasteiger partial charge on any atom is 0.239 e. The van der Waals surface area contributed by atoms with Gasteiger partial charge in [0.25, 0.3) is 0 Å². The minimum atomic E-state index is 0. The summed E-state index contributed by atoms with van der Waals surface area (Å²) in [5, 5.41) is 6.26. The fourth-order valence-electron chi connectivity index (χ4n) is 3.04. The first-order chi connectivity index (χ1) is 9.72. The third-order valence-electron chi connectivity index (χ3n) is 4.34. The van der Waals surface area contributed by atoms with Gasteiger partial charge in [-0.3, -0.25) is 9.59 Å². The monoisotopic (exact) mass is 317 g/mol. The summed E-state index contributed by atoms with van der Waals surface area (Å²) >= 11 is 0. The van der Waals surface area contributed by atoms with E-state index in [1.54, 1.807) is 0 Å². The van der Waals surface area contributed by atoms with Crippen LogP contribution in [0.2, 0.25) is 0 Å². The average molecular weight is 318 g/mol. The van der Waals surface area contributed by atoms with Gasteiger partial charge in [-0.2, -0.15) is 0 Å². The molecule has 5 nitrogen and oxygen atoms in total. The van der Waals surface area contributed by atoms with Gasteiger partial charge in [0.05, 0.1) is 6.04 Å². The lowest BCUT2D eigenvalue weighted by Crippen LogP contribution is -2.51. The Morgan fingerprint density at radius 2 is 1.90 bits per heavy atom. The highest BCUT2D eigenvalue weighted by Crippen LogP contribution is 2.19. The minimum absolute atomic E-state index is 0. The summed E-state index contributed by atoms with van der Waals surface area (Å²) in [6.07, 6.45) is 5.83. The van der Waals surface area contributed by atoms with Crippen LogP contribution in [0.5, 0.6) is 0 Å². The van der Waals surface area contributed by atoms with Gasteiger partial charge in [-0.05, 0) is 38.6 Å². The van der Waals surface area contributed by atoms with Crippen LogP contribution in [0.25, 0.3) is 0 Å². The minimum Gasteiger partial charge on any atom is -0.356 e. The van der Waals surface area contributed by atoms with Gasteiger partial charge >= 0.3 is 0 Å². The van der Waals surface area contributed by atoms with Crippen molar-refractivity contribution >= 4 is 24.2 Å². The first-order valence-electron chi connectivity index (χ1n) is 8.02. The van der Waals surface area contributed by atoms with Crippen LogP contribution in [0.15, 0.2) is 0 Å². The molecule has 1 atom stereocenters. The Labute approximate surface area is 133 Å². The van der Waals surface area contributed by atoms with E-state index in [0.717, 1.165) is 58.3 Å². The Kier molecular flexibility index (Phi) is 8.04. The van der Waals surface area contributed by atoms with Crippen LogP contribution in [0.3, 0.4) is 0 Å². The Morgan fingerprint density at radius 3 is 2.48 bits per heavy atom. The number of nitrogens with one attached hydrogen (secondary N) is 2. The number of hydrogen-bond acceptors (Lipinski definition) is 3. The van der Waals surface area contributed by atoms with Crippen molar-refractivity contribution in [3.8, 4) is 0 Å². The molecule has 2 rings (SSSR count). The van der Waals surface area contributed by atoms with E-state index in [4.69, 9.17) is 0 Å². The zero-order valence-corrected chi connectivity index (χ0v) is 13.7. The molecule has 2 heterocycles. The van der Waals surface area contributed by atoms with Crippen LogP contribution in [0.4, 0.5) is 0 Å². The first kappa shape index (κ1) is 18.2. The molecule has 2 fully saturated rings. The topological polar surface area (TPSA) is 61.4 Å². The zero-order chi connectivity index (χ0) is 14.4. The van der Waals surface area contributed by atoms with Crippen molar-refractivity contribution in [3.05, 3.63) is 0 Å². The second-order valence-electron chi connectivity index (χ2n) is 5.89. The van der Waals surface area contributed by atoms with Gasteiger partial charge in [0.15, 0.2) is 0 Å². The van der Waals surface area contributed by atoms with Crippen LogP contribution in [-0.2, 0) is 9.59 Å². The number of rotatable bonds is 4. The molecule has 0 aromatic heterocycles. The van der Waals surface area contributed by atoms with Crippen LogP contribution in [0, 0.1) is 5.92 Å². The molecule has 0 bridgehead atoms. The molecule has 2 saturated heterocycles. The quantitative estimate of drug-likeness (QED) is 0.822. The van der Waals surface area contributed by atoms with Crippen LogP contribution >= 0.6 is 12.4 Å². The van der Waals surface area contributed by atoms with E-state index in [0.29, 0.717) is 0 Å². The van der Waals surface area contributed by atoms with Gasteiger partial charge < -0.3 is 15.5 Å². The molecule has 0 aliphatic carbocycles. The number of nitrogens with zero attached hydrogens (tertiary/aromatic N) is 1. The molecule has 2 N–H and O–H groups in total. The summed E-state index contributed by atoms with van der Waals surface area (Å²) < 4.78 is 0. The highest BCUT2D eigenvalue weighted by molar-refractivity contribution is 5.85. The summed E-state index contributed by atoms with van der Waals surface area (Å²) in [6.45, 7) is 5.21. The zero-order valence-electron chi connectivity index (χ0n) is 12.9. The molecule has 0 saturated carbocycles. The van der Waals surface area contributed by atoms with E-state index >= 15 is 0 Å². The van der Waals surface area contributed by atoms with E-state index in [9.17, 15) is 9.59 Å². The number of carbonyl (C=O) groups excluding carboxylic acids is 2. The molecule has 2 aliphatic heterocycles. The number of hydrogen-bond donors (Lipinski definition) is 2. The molecule has 2 aliphatic rings. The van der Waals surface area contributed by atoms with Gasteiger partial charge in [-0.1, -0.05) is 13.3 Å². The van der Waals surface area contributed by atoms with Crippen molar-refractivity contribution in [3.63, 3.8) is 0 Å². The predicted molar refractivity (Wildman–Crippen MR) is 85.5 cm³/mol. The van der Waals surface area contributed by atoms with Gasteiger partial charge in [0, 0.05) is 25.6 Å². The molecule has 21 heavy (non-hydrogen) atoms. The molecule has 2 amide bonds.